The number of piperidine rings is 3. The molecule has 3 saturated heterocycles. The van der Waals surface area contributed by atoms with Gasteiger partial charge in [0.05, 0.1) is 19.6 Å². The number of nitrogens with one attached hydrogen (secondary N) is 8. The molecule has 3 aliphatic rings. The average Bonchev–Trinajstić information content (AvgIpc) is 0.832. The first-order valence-corrected chi connectivity index (χ1v) is 37.1. The van der Waals surface area contributed by atoms with Crippen molar-refractivity contribution in [2.24, 2.45) is 44.2 Å². The lowest BCUT2D eigenvalue weighted by Crippen LogP contribution is -2.50. The number of hydrogen-bond acceptors (Lipinski definition) is 17. The molecule has 0 unspecified atom stereocenters. The van der Waals surface area contributed by atoms with E-state index >= 15 is 0 Å². The quantitative estimate of drug-likeness (QED) is 0.0327. The van der Waals surface area contributed by atoms with Crippen LogP contribution in [0.15, 0.2) is 142 Å². The highest BCUT2D eigenvalue weighted by atomic mass is 16.6. The molecule has 0 atom stereocenters. The Balaban J connectivity index is 0.000000236. The highest BCUT2D eigenvalue weighted by Crippen LogP contribution is 2.25. The van der Waals surface area contributed by atoms with Crippen molar-refractivity contribution in [2.45, 2.75) is 190 Å². The number of carbonyl (C=O) groups excluding carboxylic acids is 7. The molecule has 9 amide bonds. The van der Waals surface area contributed by atoms with Crippen molar-refractivity contribution in [1.82, 2.24) is 52.3 Å². The first-order chi connectivity index (χ1) is 50.9. The molecule has 588 valence electrons. The SMILES string of the molecule is CC(C)(C)OC(=O)N1CCC(CN)CC1.CC(C)(C)OC(=O)NC(=NCc1cccc2ccccc12)NC(=O)NCC1CCN(C(=O)OC(C)(C)C)CC1.CC(C)(C)OC(=O)NC(=NCc1cccc2ccccc12)NC(=O)OC(C)(C)C.NC(=NCc1cccc2ccccc12)NC(=O)NCC1CCNCC1. The molecule has 0 aromatic heterocycles. The van der Waals surface area contributed by atoms with Crippen molar-refractivity contribution >= 4 is 92.7 Å². The number of fused-ring (bicyclic) bond motifs is 3. The van der Waals surface area contributed by atoms with Crippen LogP contribution in [0.2, 0.25) is 0 Å². The molecule has 3 aliphatic heterocycles. The van der Waals surface area contributed by atoms with E-state index in [1.54, 1.807) is 72.1 Å². The molecule has 108 heavy (non-hydrogen) atoms. The third kappa shape index (κ3) is 33.2. The summed E-state index contributed by atoms with van der Waals surface area (Å²) in [4.78, 5) is 102. The third-order valence-electron chi connectivity index (χ3n) is 16.6. The lowest BCUT2D eigenvalue weighted by Gasteiger charge is -2.33. The molecule has 0 aliphatic carbocycles. The summed E-state index contributed by atoms with van der Waals surface area (Å²) < 4.78 is 26.6. The summed E-state index contributed by atoms with van der Waals surface area (Å²) in [6.45, 7) is 34.4. The standard InChI is InChI=1S/C29H41N5O5.C22H29N3O4.C19H25N5O.C11H22N2O2/c1-28(2,3)38-26(36)33-24(30-19-22-12-9-11-21-10-7-8-13-23(21)22)32-25(35)31-18-20-14-16-34(17-15-20)27(37)39-29(4,5)6;1-21(2,3)28-19(26)24-18(25-20(27)29-22(4,5)6)23-14-16-12-9-11-15-10-7-8-13-17(15)16;20-18(24-19(25)23-12-14-8-10-21-11-9-14)22-13-16-6-3-5-15-4-1-2-7-17(15)16;1-11(2,3)15-10(14)13-6-4-9(8-12)5-7-13/h7-13,20H,14-19H2,1-6H3,(H3,30,31,32,33,35,36);7-13H,14H2,1-6H3,(H2,23,24,25,26,27);1-7,14,21H,8-13H2,(H4,20,22,23,24,25);9H,4-8,12H2,1-3H3. The van der Waals surface area contributed by atoms with Gasteiger partial charge in [0.1, 0.15) is 28.0 Å². The first kappa shape index (κ1) is 86.6. The van der Waals surface area contributed by atoms with Crippen LogP contribution in [0.3, 0.4) is 0 Å². The summed E-state index contributed by atoms with van der Waals surface area (Å²) in [6, 6.07) is 41.2. The van der Waals surface area contributed by atoms with E-state index in [4.69, 9.17) is 35.2 Å². The normalized spacial score (nSPS) is 14.9. The van der Waals surface area contributed by atoms with Gasteiger partial charge >= 0.3 is 42.5 Å². The summed E-state index contributed by atoms with van der Waals surface area (Å²) in [6.07, 6.45) is 3.01. The molecule has 27 heteroatoms. The number of amides is 9. The molecule has 6 aromatic carbocycles. The van der Waals surface area contributed by atoms with Crippen molar-refractivity contribution in [3.8, 4) is 0 Å². The molecule has 0 saturated carbocycles. The van der Waals surface area contributed by atoms with Gasteiger partial charge in [0.2, 0.25) is 11.9 Å². The number of nitrogens with zero attached hydrogens (tertiary/aromatic N) is 5. The topological polar surface area (TPSA) is 357 Å². The number of rotatable bonds is 11. The molecule has 9 rings (SSSR count). The highest BCUT2D eigenvalue weighted by molar-refractivity contribution is 6.03. The number of nitrogens with two attached hydrogens (primary N) is 2. The van der Waals surface area contributed by atoms with E-state index in [0.717, 1.165) is 115 Å². The van der Waals surface area contributed by atoms with Gasteiger partial charge in [0.15, 0.2) is 5.96 Å². The second-order valence-corrected chi connectivity index (χ2v) is 31.7. The third-order valence-corrected chi connectivity index (χ3v) is 16.6. The van der Waals surface area contributed by atoms with Gasteiger partial charge in [0, 0.05) is 39.3 Å². The van der Waals surface area contributed by atoms with Gasteiger partial charge in [-0.25, -0.2) is 48.5 Å². The molecule has 12 N–H and O–H groups in total. The average molecular weight is 1490 g/mol. The smallest absolute Gasteiger partial charge is 0.414 e. The number of urea groups is 2. The number of ether oxygens (including phenoxy) is 5. The summed E-state index contributed by atoms with van der Waals surface area (Å²) in [5.74, 6) is 1.40. The zero-order valence-electron chi connectivity index (χ0n) is 65.9. The molecular weight excluding hydrogens is 1370 g/mol. The molecule has 27 nitrogen and oxygen atoms in total. The second kappa shape index (κ2) is 41.2. The van der Waals surface area contributed by atoms with Crippen LogP contribution in [0.4, 0.5) is 33.6 Å². The molecule has 0 radical (unpaired) electrons. The van der Waals surface area contributed by atoms with E-state index < -0.39 is 52.3 Å². The van der Waals surface area contributed by atoms with Gasteiger partial charge in [-0.05, 0) is 229 Å². The van der Waals surface area contributed by atoms with E-state index in [1.807, 2.05) is 151 Å². The van der Waals surface area contributed by atoms with Gasteiger partial charge in [-0.1, -0.05) is 127 Å². The highest BCUT2D eigenvalue weighted by Gasteiger charge is 2.30. The summed E-state index contributed by atoms with van der Waals surface area (Å²) in [5.41, 5.74) is 11.4. The van der Waals surface area contributed by atoms with Gasteiger partial charge in [-0.15, -0.1) is 0 Å². The molecule has 0 spiro atoms. The molecule has 3 heterocycles. The van der Waals surface area contributed by atoms with E-state index in [0.29, 0.717) is 44.6 Å². The molecule has 6 aromatic rings. The first-order valence-electron chi connectivity index (χ1n) is 37.1. The van der Waals surface area contributed by atoms with Gasteiger partial charge in [-0.3, -0.25) is 26.6 Å². The zero-order valence-corrected chi connectivity index (χ0v) is 65.9. The fourth-order valence-electron chi connectivity index (χ4n) is 11.4. The fourth-order valence-corrected chi connectivity index (χ4v) is 11.4. The monoisotopic (exact) mass is 1490 g/mol. The number of hydrogen-bond donors (Lipinski definition) is 10. The van der Waals surface area contributed by atoms with Crippen LogP contribution < -0.4 is 54.0 Å². The maximum Gasteiger partial charge on any atom is 0.414 e. The van der Waals surface area contributed by atoms with Gasteiger partial charge < -0.3 is 60.9 Å². The zero-order chi connectivity index (χ0) is 79.2. The molecule has 0 bridgehead atoms. The lowest BCUT2D eigenvalue weighted by molar-refractivity contribution is 0.0175. The number of guanidine groups is 3. The van der Waals surface area contributed by atoms with Crippen LogP contribution in [-0.2, 0) is 43.3 Å². The Morgan fingerprint density at radius 3 is 1.06 bits per heavy atom. The van der Waals surface area contributed by atoms with Crippen molar-refractivity contribution in [3.63, 3.8) is 0 Å². The minimum absolute atomic E-state index is 0.00516. The Bertz CT molecular complexity index is 3980. The lowest BCUT2D eigenvalue weighted by atomic mass is 9.97. The van der Waals surface area contributed by atoms with E-state index in [9.17, 15) is 33.6 Å². The van der Waals surface area contributed by atoms with E-state index in [2.05, 4.69) is 75.7 Å². The van der Waals surface area contributed by atoms with Crippen molar-refractivity contribution < 1.29 is 57.2 Å². The Labute approximate surface area is 636 Å². The van der Waals surface area contributed by atoms with Gasteiger partial charge in [-0.2, -0.15) is 0 Å². The van der Waals surface area contributed by atoms with Crippen molar-refractivity contribution in [1.29, 1.82) is 0 Å². The number of carbonyl (C=O) groups is 7. The van der Waals surface area contributed by atoms with Crippen LogP contribution in [0.25, 0.3) is 32.3 Å². The number of likely N-dealkylation sites (tertiary alicyclic amines) is 2. The minimum Gasteiger partial charge on any atom is -0.444 e. The number of aliphatic imine (C=N–C) groups is 3. The number of benzene rings is 6. The van der Waals surface area contributed by atoms with Crippen LogP contribution in [-0.4, -0.2) is 157 Å². The Morgan fingerprint density at radius 1 is 0.398 bits per heavy atom. The van der Waals surface area contributed by atoms with E-state index in [-0.39, 0.29) is 55.1 Å². The second-order valence-electron chi connectivity index (χ2n) is 31.7. The summed E-state index contributed by atoms with van der Waals surface area (Å²) in [7, 11) is 0. The van der Waals surface area contributed by atoms with Crippen LogP contribution in [0.5, 0.6) is 0 Å². The largest absolute Gasteiger partial charge is 0.444 e. The fraction of sp³-hybridized carbons (Fsp3) is 0.506. The molecular formula is C81H117N15O12. The Kier molecular flexibility index (Phi) is 33.0. The van der Waals surface area contributed by atoms with E-state index in [1.165, 1.54) is 5.39 Å². The summed E-state index contributed by atoms with van der Waals surface area (Å²) in [5, 5.41) is 28.4. The predicted octanol–water partition coefficient (Wildman–Crippen LogP) is 13.5. The Morgan fingerprint density at radius 2 is 0.704 bits per heavy atom. The predicted molar refractivity (Wildman–Crippen MR) is 426 cm³/mol. The molecule has 3 fully saturated rings. The maximum absolute atomic E-state index is 12.7. The minimum atomic E-state index is -0.717. The van der Waals surface area contributed by atoms with Crippen LogP contribution in [0.1, 0.15) is 159 Å². The van der Waals surface area contributed by atoms with Crippen molar-refractivity contribution in [2.75, 3.05) is 58.9 Å². The van der Waals surface area contributed by atoms with Crippen LogP contribution >= 0.6 is 0 Å². The van der Waals surface area contributed by atoms with Crippen molar-refractivity contribution in [3.05, 3.63) is 144 Å². The van der Waals surface area contributed by atoms with Crippen LogP contribution in [0, 0.1) is 17.8 Å². The van der Waals surface area contributed by atoms with Gasteiger partial charge in [0.25, 0.3) is 0 Å². The number of alkyl carbamates (subject to hydrolysis) is 3. The summed E-state index contributed by atoms with van der Waals surface area (Å²) >= 11 is 0. The maximum atomic E-state index is 12.7. The Hall–Kier alpha value is -10.3.